The Balaban J connectivity index is 2.86. The maximum atomic E-state index is 12.2. The quantitative estimate of drug-likeness (QED) is 0.348. The highest BCUT2D eigenvalue weighted by Gasteiger charge is 2.20. The van der Waals surface area contributed by atoms with Crippen LogP contribution < -0.4 is 22.5 Å². The Morgan fingerprint density at radius 2 is 2.00 bits per heavy atom. The normalized spacial score (nSPS) is 12.8. The van der Waals surface area contributed by atoms with Crippen molar-refractivity contribution in [1.82, 2.24) is 18.7 Å². The van der Waals surface area contributed by atoms with Gasteiger partial charge in [-0.3, -0.25) is 19.4 Å². The van der Waals surface area contributed by atoms with Crippen LogP contribution in [0.4, 0.5) is 5.95 Å². The lowest BCUT2D eigenvalue weighted by molar-refractivity contribution is 0.0824. The SMILES string of the molecule is Cn1c(=O)c2c(nc(NN)n2C[C@H](O)CO)n(C)c1=O. The van der Waals surface area contributed by atoms with E-state index in [9.17, 15) is 14.7 Å². The summed E-state index contributed by atoms with van der Waals surface area (Å²) in [6, 6.07) is 0. The molecule has 0 aromatic carbocycles. The summed E-state index contributed by atoms with van der Waals surface area (Å²) in [4.78, 5) is 28.1. The minimum absolute atomic E-state index is 0.0834. The number of nitrogen functional groups attached to an aromatic ring is 1. The summed E-state index contributed by atoms with van der Waals surface area (Å²) in [6.45, 7) is -0.560. The Kier molecular flexibility index (Phi) is 3.61. The second-order valence-electron chi connectivity index (χ2n) is 4.40. The molecule has 0 saturated carbocycles. The monoisotopic (exact) mass is 284 g/mol. The molecule has 0 bridgehead atoms. The van der Waals surface area contributed by atoms with Crippen LogP contribution in [0.3, 0.4) is 0 Å². The van der Waals surface area contributed by atoms with Gasteiger partial charge in [-0.05, 0) is 0 Å². The molecule has 110 valence electrons. The fraction of sp³-hybridized carbons (Fsp3) is 0.500. The van der Waals surface area contributed by atoms with Crippen LogP contribution in [0.2, 0.25) is 0 Å². The van der Waals surface area contributed by atoms with Crippen LogP contribution in [0.25, 0.3) is 11.2 Å². The lowest BCUT2D eigenvalue weighted by Gasteiger charge is -2.11. The van der Waals surface area contributed by atoms with Crippen molar-refractivity contribution in [3.8, 4) is 0 Å². The summed E-state index contributed by atoms with van der Waals surface area (Å²) in [6.07, 6.45) is -1.08. The molecule has 0 amide bonds. The average Bonchev–Trinajstić information content (AvgIpc) is 2.81. The summed E-state index contributed by atoms with van der Waals surface area (Å²) in [5, 5.41) is 18.5. The first kappa shape index (κ1) is 14.2. The first-order chi connectivity index (χ1) is 9.42. The van der Waals surface area contributed by atoms with Gasteiger partial charge in [0.15, 0.2) is 11.2 Å². The molecular formula is C10H16N6O4. The molecule has 10 heteroatoms. The van der Waals surface area contributed by atoms with Crippen LogP contribution in [0.1, 0.15) is 0 Å². The van der Waals surface area contributed by atoms with Gasteiger partial charge >= 0.3 is 5.69 Å². The van der Waals surface area contributed by atoms with Crippen LogP contribution >= 0.6 is 0 Å². The number of anilines is 1. The van der Waals surface area contributed by atoms with E-state index < -0.39 is 24.0 Å². The molecule has 2 heterocycles. The Morgan fingerprint density at radius 1 is 1.35 bits per heavy atom. The van der Waals surface area contributed by atoms with E-state index in [4.69, 9.17) is 10.9 Å². The zero-order chi connectivity index (χ0) is 15.0. The van der Waals surface area contributed by atoms with E-state index in [0.717, 1.165) is 4.57 Å². The number of aliphatic hydroxyl groups excluding tert-OH is 2. The molecule has 0 radical (unpaired) electrons. The Labute approximate surface area is 112 Å². The van der Waals surface area contributed by atoms with Crippen molar-refractivity contribution in [3.05, 3.63) is 20.8 Å². The van der Waals surface area contributed by atoms with Gasteiger partial charge in [-0.25, -0.2) is 10.6 Å². The van der Waals surface area contributed by atoms with Gasteiger partial charge in [0.05, 0.1) is 19.3 Å². The zero-order valence-corrected chi connectivity index (χ0v) is 11.1. The number of imidazole rings is 1. The predicted octanol–water partition coefficient (Wildman–Crippen LogP) is -2.93. The molecule has 5 N–H and O–H groups in total. The third-order valence-electron chi connectivity index (χ3n) is 3.08. The van der Waals surface area contributed by atoms with E-state index in [2.05, 4.69) is 10.4 Å². The molecule has 10 nitrogen and oxygen atoms in total. The molecular weight excluding hydrogens is 268 g/mol. The molecule has 2 aromatic heterocycles. The zero-order valence-electron chi connectivity index (χ0n) is 11.1. The fourth-order valence-corrected chi connectivity index (χ4v) is 2.00. The van der Waals surface area contributed by atoms with Crippen LogP contribution in [0.15, 0.2) is 9.59 Å². The molecule has 0 aliphatic rings. The number of hydrogen-bond acceptors (Lipinski definition) is 7. The van der Waals surface area contributed by atoms with Crippen LogP contribution in [0, 0.1) is 0 Å². The largest absolute Gasteiger partial charge is 0.394 e. The third kappa shape index (κ3) is 1.99. The minimum Gasteiger partial charge on any atom is -0.394 e. The number of nitrogens with two attached hydrogens (primary N) is 1. The Hall–Kier alpha value is -2.17. The van der Waals surface area contributed by atoms with E-state index in [1.807, 2.05) is 0 Å². The molecule has 0 aliphatic carbocycles. The number of aromatic nitrogens is 4. The number of aryl methyl sites for hydroxylation is 1. The number of nitrogens with one attached hydrogen (secondary N) is 1. The van der Waals surface area contributed by atoms with E-state index >= 15 is 0 Å². The van der Waals surface area contributed by atoms with E-state index in [-0.39, 0.29) is 23.7 Å². The maximum absolute atomic E-state index is 12.2. The highest BCUT2D eigenvalue weighted by Crippen LogP contribution is 2.15. The molecule has 0 spiro atoms. The number of rotatable bonds is 4. The lowest BCUT2D eigenvalue weighted by atomic mass is 10.3. The standard InChI is InChI=1S/C10H16N6O4/c1-14-7-6(8(19)15(2)10(14)20)16(3-5(18)4-17)9(12-7)13-11/h5,17-18H,3-4,11H2,1-2H3,(H,12,13)/t5-/m0/s1. The first-order valence-corrected chi connectivity index (χ1v) is 5.84. The fourth-order valence-electron chi connectivity index (χ4n) is 2.00. The lowest BCUT2D eigenvalue weighted by Crippen LogP contribution is -2.38. The van der Waals surface area contributed by atoms with Gasteiger partial charge in [-0.15, -0.1) is 0 Å². The molecule has 0 unspecified atom stereocenters. The third-order valence-corrected chi connectivity index (χ3v) is 3.08. The minimum atomic E-state index is -1.08. The van der Waals surface area contributed by atoms with Gasteiger partial charge in [-0.2, -0.15) is 4.98 Å². The Bertz CT molecular complexity index is 758. The van der Waals surface area contributed by atoms with Crippen LogP contribution in [-0.2, 0) is 20.6 Å². The van der Waals surface area contributed by atoms with Gasteiger partial charge in [0.25, 0.3) is 5.56 Å². The van der Waals surface area contributed by atoms with Crippen LogP contribution in [-0.4, -0.2) is 41.6 Å². The van der Waals surface area contributed by atoms with Gasteiger partial charge in [0.2, 0.25) is 5.95 Å². The summed E-state index contributed by atoms with van der Waals surface area (Å²) >= 11 is 0. The second kappa shape index (κ2) is 5.07. The molecule has 1 atom stereocenters. The number of hydrogen-bond donors (Lipinski definition) is 4. The van der Waals surface area contributed by atoms with Gasteiger partial charge in [-0.1, -0.05) is 0 Å². The molecule has 0 saturated heterocycles. The first-order valence-electron chi connectivity index (χ1n) is 5.84. The second-order valence-corrected chi connectivity index (χ2v) is 4.40. The summed E-state index contributed by atoms with van der Waals surface area (Å²) < 4.78 is 3.48. The molecule has 2 aromatic rings. The number of fused-ring (bicyclic) bond motifs is 1. The van der Waals surface area contributed by atoms with Crippen molar-refractivity contribution < 1.29 is 10.2 Å². The number of nitrogens with zero attached hydrogens (tertiary/aromatic N) is 4. The van der Waals surface area contributed by atoms with Gasteiger partial charge < -0.3 is 14.8 Å². The van der Waals surface area contributed by atoms with Crippen molar-refractivity contribution in [2.45, 2.75) is 12.6 Å². The molecule has 0 fully saturated rings. The van der Waals surface area contributed by atoms with E-state index in [1.54, 1.807) is 0 Å². The highest BCUT2D eigenvalue weighted by molar-refractivity contribution is 5.74. The van der Waals surface area contributed by atoms with Crippen molar-refractivity contribution in [1.29, 1.82) is 0 Å². The van der Waals surface area contributed by atoms with Gasteiger partial charge in [0, 0.05) is 14.1 Å². The number of hydrazine groups is 1. The predicted molar refractivity (Wildman–Crippen MR) is 71.1 cm³/mol. The Morgan fingerprint density at radius 3 is 2.55 bits per heavy atom. The van der Waals surface area contributed by atoms with Crippen molar-refractivity contribution in [2.24, 2.45) is 19.9 Å². The van der Waals surface area contributed by atoms with Crippen molar-refractivity contribution in [3.63, 3.8) is 0 Å². The number of aliphatic hydroxyl groups is 2. The van der Waals surface area contributed by atoms with Crippen LogP contribution in [0.5, 0.6) is 0 Å². The summed E-state index contributed by atoms with van der Waals surface area (Å²) in [7, 11) is 2.82. The summed E-state index contributed by atoms with van der Waals surface area (Å²) in [5.74, 6) is 5.45. The average molecular weight is 284 g/mol. The molecule has 20 heavy (non-hydrogen) atoms. The maximum Gasteiger partial charge on any atom is 0.332 e. The van der Waals surface area contributed by atoms with E-state index in [1.165, 1.54) is 23.2 Å². The van der Waals surface area contributed by atoms with Gasteiger partial charge in [0.1, 0.15) is 0 Å². The topological polar surface area (TPSA) is 140 Å². The highest BCUT2D eigenvalue weighted by atomic mass is 16.3. The van der Waals surface area contributed by atoms with Crippen molar-refractivity contribution in [2.75, 3.05) is 12.0 Å². The molecule has 2 rings (SSSR count). The smallest absolute Gasteiger partial charge is 0.332 e. The van der Waals surface area contributed by atoms with E-state index in [0.29, 0.717) is 0 Å². The van der Waals surface area contributed by atoms with Crippen molar-refractivity contribution >= 4 is 17.1 Å². The molecule has 0 aliphatic heterocycles. The summed E-state index contributed by atoms with van der Waals surface area (Å²) in [5.41, 5.74) is 1.50.